The van der Waals surface area contributed by atoms with Crippen molar-refractivity contribution in [2.75, 3.05) is 0 Å². The van der Waals surface area contributed by atoms with E-state index < -0.39 is 44.4 Å². The van der Waals surface area contributed by atoms with Crippen molar-refractivity contribution in [3.8, 4) is 0 Å². The van der Waals surface area contributed by atoms with Crippen LogP contribution in [0.25, 0.3) is 0 Å². The highest BCUT2D eigenvalue weighted by Crippen LogP contribution is 2.78. The van der Waals surface area contributed by atoms with Gasteiger partial charge in [-0.15, -0.1) is 0 Å². The summed E-state index contributed by atoms with van der Waals surface area (Å²) in [5.74, 6) is 0. The highest BCUT2D eigenvalue weighted by molar-refractivity contribution is 5.29. The van der Waals surface area contributed by atoms with Crippen molar-refractivity contribution >= 4 is 0 Å². The fraction of sp³-hybridized carbons (Fsp3) is 1.00. The molecule has 6 heteroatoms. The van der Waals surface area contributed by atoms with Crippen LogP contribution in [0.5, 0.6) is 0 Å². The molecule has 0 aromatic carbocycles. The fourth-order valence-electron chi connectivity index (χ4n) is 10.1. The average Bonchev–Trinajstić information content (AvgIpc) is 2.25. The number of aliphatic hydroxyl groups is 6. The van der Waals surface area contributed by atoms with Crippen LogP contribution in [0.3, 0.4) is 0 Å². The van der Waals surface area contributed by atoms with Crippen LogP contribution in [0.4, 0.5) is 0 Å². The summed E-state index contributed by atoms with van der Waals surface area (Å²) in [5.41, 5.74) is -7.73. The molecule has 0 spiro atoms. The summed E-state index contributed by atoms with van der Waals surface area (Å²) in [6, 6.07) is 0. The molecule has 0 aliphatic heterocycles. The van der Waals surface area contributed by atoms with Crippen LogP contribution in [-0.2, 0) is 0 Å². The van der Waals surface area contributed by atoms with Crippen molar-refractivity contribution in [2.45, 2.75) is 111 Å². The lowest BCUT2D eigenvalue weighted by Crippen LogP contribution is -2.78. The predicted molar refractivity (Wildman–Crippen MR) is 90.0 cm³/mol. The first kappa shape index (κ1) is 16.7. The summed E-state index contributed by atoms with van der Waals surface area (Å²) < 4.78 is 0. The van der Waals surface area contributed by atoms with E-state index in [1.807, 2.05) is 0 Å². The maximum atomic E-state index is 11.2. The molecule has 0 atom stereocenters. The van der Waals surface area contributed by atoms with E-state index >= 15 is 0 Å². The molecular formula is C20H30O6. The van der Waals surface area contributed by atoms with E-state index in [4.69, 9.17) is 0 Å². The lowest BCUT2D eigenvalue weighted by Gasteiger charge is -2.76. The maximum Gasteiger partial charge on any atom is 0.0708 e. The van der Waals surface area contributed by atoms with Gasteiger partial charge < -0.3 is 30.6 Å². The lowest BCUT2D eigenvalue weighted by atomic mass is 9.31. The van der Waals surface area contributed by atoms with Crippen LogP contribution >= 0.6 is 0 Å². The number of rotatable bonds is 1. The second-order valence-electron chi connectivity index (χ2n) is 12.0. The third kappa shape index (κ3) is 1.89. The molecule has 8 rings (SSSR count). The quantitative estimate of drug-likeness (QED) is 0.392. The summed E-state index contributed by atoms with van der Waals surface area (Å²) in [4.78, 5) is 0. The van der Waals surface area contributed by atoms with Gasteiger partial charge in [-0.2, -0.15) is 0 Å². The van der Waals surface area contributed by atoms with E-state index in [2.05, 4.69) is 0 Å². The second kappa shape index (κ2) is 3.91. The number of hydrogen-bond acceptors (Lipinski definition) is 6. The van der Waals surface area contributed by atoms with Gasteiger partial charge in [0.25, 0.3) is 0 Å². The summed E-state index contributed by atoms with van der Waals surface area (Å²) in [7, 11) is 0. The molecule has 0 amide bonds. The lowest BCUT2D eigenvalue weighted by molar-refractivity contribution is -0.356. The van der Waals surface area contributed by atoms with E-state index in [0.29, 0.717) is 77.0 Å². The third-order valence-corrected chi connectivity index (χ3v) is 9.08. The molecule has 6 nitrogen and oxygen atoms in total. The molecule has 0 heterocycles. The zero-order valence-corrected chi connectivity index (χ0v) is 15.2. The minimum absolute atomic E-state index is 0.291. The van der Waals surface area contributed by atoms with Crippen molar-refractivity contribution < 1.29 is 30.6 Å². The Bertz CT molecular complexity index is 550. The van der Waals surface area contributed by atoms with Gasteiger partial charge in [0.15, 0.2) is 0 Å². The molecule has 0 radical (unpaired) electrons. The molecule has 0 unspecified atom stereocenters. The molecular weight excluding hydrogens is 336 g/mol. The van der Waals surface area contributed by atoms with Gasteiger partial charge >= 0.3 is 0 Å². The van der Waals surface area contributed by atoms with Gasteiger partial charge in [-0.25, -0.2) is 0 Å². The van der Waals surface area contributed by atoms with Gasteiger partial charge in [-0.05, 0) is 49.4 Å². The van der Waals surface area contributed by atoms with Gasteiger partial charge in [0.2, 0.25) is 0 Å². The summed E-state index contributed by atoms with van der Waals surface area (Å²) in [6.45, 7) is 0. The Morgan fingerprint density at radius 2 is 0.423 bits per heavy atom. The monoisotopic (exact) mass is 366 g/mol. The number of hydrogen-bond donors (Lipinski definition) is 6. The molecule has 146 valence electrons. The Morgan fingerprint density at radius 1 is 0.269 bits per heavy atom. The minimum atomic E-state index is -1.10. The molecule has 8 aliphatic carbocycles. The van der Waals surface area contributed by atoms with Crippen LogP contribution in [0.15, 0.2) is 0 Å². The molecule has 0 aromatic rings. The highest BCUT2D eigenvalue weighted by atomic mass is 16.3. The predicted octanol–water partition coefficient (Wildman–Crippen LogP) is 0.109. The normalized spacial score (nSPS) is 70.8. The molecule has 8 bridgehead atoms. The van der Waals surface area contributed by atoms with Crippen molar-refractivity contribution in [1.82, 2.24) is 0 Å². The van der Waals surface area contributed by atoms with Crippen LogP contribution in [-0.4, -0.2) is 64.2 Å². The molecule has 6 N–H and O–H groups in total. The fourth-order valence-corrected chi connectivity index (χ4v) is 10.1. The first-order valence-corrected chi connectivity index (χ1v) is 10.1. The van der Waals surface area contributed by atoms with Crippen LogP contribution < -0.4 is 0 Å². The molecule has 8 fully saturated rings. The molecule has 26 heavy (non-hydrogen) atoms. The first-order chi connectivity index (χ1) is 11.7. The smallest absolute Gasteiger partial charge is 0.0708 e. The van der Waals surface area contributed by atoms with Crippen molar-refractivity contribution in [3.63, 3.8) is 0 Å². The second-order valence-corrected chi connectivity index (χ2v) is 12.0. The van der Waals surface area contributed by atoms with Gasteiger partial charge in [-0.3, -0.25) is 0 Å². The van der Waals surface area contributed by atoms with E-state index in [1.54, 1.807) is 0 Å². The molecule has 0 aromatic heterocycles. The van der Waals surface area contributed by atoms with Gasteiger partial charge in [-0.1, -0.05) is 0 Å². The van der Waals surface area contributed by atoms with E-state index in [1.165, 1.54) is 0 Å². The Balaban J connectivity index is 1.53. The standard InChI is InChI=1S/C20H30O6/c21-15-1-13(2-16(22,7-15)9-17(23,3-13)8-15)14-4-18(24)10-19(25,5-14)12-20(26,6-14)11-18/h21-26H,1-12H2. The van der Waals surface area contributed by atoms with Gasteiger partial charge in [0.05, 0.1) is 33.6 Å². The summed E-state index contributed by atoms with van der Waals surface area (Å²) in [6.07, 6.45) is 4.62. The average molecular weight is 366 g/mol. The van der Waals surface area contributed by atoms with Crippen molar-refractivity contribution in [3.05, 3.63) is 0 Å². The maximum absolute atomic E-state index is 11.2. The third-order valence-electron chi connectivity index (χ3n) is 9.08. The topological polar surface area (TPSA) is 121 Å². The van der Waals surface area contributed by atoms with Crippen LogP contribution in [0, 0.1) is 10.8 Å². The Hall–Kier alpha value is -0.240. The highest BCUT2D eigenvalue weighted by Gasteiger charge is 2.78. The van der Waals surface area contributed by atoms with Crippen LogP contribution in [0.2, 0.25) is 0 Å². The van der Waals surface area contributed by atoms with Crippen molar-refractivity contribution in [2.24, 2.45) is 10.8 Å². The van der Waals surface area contributed by atoms with E-state index in [0.717, 1.165) is 0 Å². The minimum Gasteiger partial charge on any atom is -0.390 e. The van der Waals surface area contributed by atoms with Gasteiger partial charge in [0.1, 0.15) is 0 Å². The molecule has 0 saturated heterocycles. The Labute approximate surface area is 152 Å². The Kier molecular flexibility index (Phi) is 2.51. The zero-order chi connectivity index (χ0) is 18.5. The first-order valence-electron chi connectivity index (χ1n) is 10.1. The van der Waals surface area contributed by atoms with E-state index in [9.17, 15) is 30.6 Å². The molecule has 8 aliphatic rings. The largest absolute Gasteiger partial charge is 0.390 e. The molecule has 8 saturated carbocycles. The van der Waals surface area contributed by atoms with Crippen molar-refractivity contribution in [1.29, 1.82) is 0 Å². The zero-order valence-electron chi connectivity index (χ0n) is 15.2. The Morgan fingerprint density at radius 3 is 0.577 bits per heavy atom. The summed E-state index contributed by atoms with van der Waals surface area (Å²) in [5, 5.41) is 67.1. The summed E-state index contributed by atoms with van der Waals surface area (Å²) >= 11 is 0. The SMILES string of the molecule is OC12CC3(O)CC(O)(C1)CC(C14CC5(O)CC(O)(CC(O)(C5)C1)C4)(C2)C3. The van der Waals surface area contributed by atoms with Crippen LogP contribution in [0.1, 0.15) is 77.0 Å². The van der Waals surface area contributed by atoms with E-state index in [-0.39, 0.29) is 0 Å². The van der Waals surface area contributed by atoms with Gasteiger partial charge in [0, 0.05) is 38.5 Å².